The Morgan fingerprint density at radius 2 is 1.48 bits per heavy atom. The summed E-state index contributed by atoms with van der Waals surface area (Å²) in [6, 6.07) is 12.0. The summed E-state index contributed by atoms with van der Waals surface area (Å²) in [6.45, 7) is 14.1. The van der Waals surface area contributed by atoms with Gasteiger partial charge >= 0.3 is 0 Å². The third-order valence-electron chi connectivity index (χ3n) is 5.36. The monoisotopic (exact) mass is 395 g/mol. The van der Waals surface area contributed by atoms with E-state index in [4.69, 9.17) is 0 Å². The lowest BCUT2D eigenvalue weighted by atomic mass is 10.1. The first-order chi connectivity index (χ1) is 13.8. The van der Waals surface area contributed by atoms with E-state index in [-0.39, 0.29) is 18.2 Å². The Balaban J connectivity index is 2.04. The smallest absolute Gasteiger partial charge is 0.226 e. The van der Waals surface area contributed by atoms with Crippen LogP contribution in [0.15, 0.2) is 36.4 Å². The van der Waals surface area contributed by atoms with Crippen LogP contribution in [0.5, 0.6) is 0 Å². The molecule has 0 bridgehead atoms. The van der Waals surface area contributed by atoms with Gasteiger partial charge in [0.1, 0.15) is 0 Å². The molecule has 156 valence electrons. The molecule has 2 aromatic carbocycles. The second-order valence-corrected chi connectivity index (χ2v) is 7.41. The minimum atomic E-state index is -0.0984. The molecular weight excluding hydrogens is 362 g/mol. The number of rotatable bonds is 8. The van der Waals surface area contributed by atoms with Crippen LogP contribution in [0.25, 0.3) is 0 Å². The van der Waals surface area contributed by atoms with E-state index in [0.717, 1.165) is 41.3 Å². The number of hydrogen-bond donors (Lipinski definition) is 1. The van der Waals surface area contributed by atoms with Gasteiger partial charge in [-0.3, -0.25) is 9.59 Å². The first-order valence-electron chi connectivity index (χ1n) is 10.3. The molecule has 0 aliphatic heterocycles. The lowest BCUT2D eigenvalue weighted by Crippen LogP contribution is -2.32. The summed E-state index contributed by atoms with van der Waals surface area (Å²) < 4.78 is 0. The Labute approximate surface area is 174 Å². The maximum atomic E-state index is 12.5. The molecule has 0 radical (unpaired) electrons. The Morgan fingerprint density at radius 3 is 2.03 bits per heavy atom. The molecule has 0 aromatic heterocycles. The predicted molar refractivity (Wildman–Crippen MR) is 122 cm³/mol. The van der Waals surface area contributed by atoms with Crippen molar-refractivity contribution in [1.29, 1.82) is 0 Å². The number of nitrogens with one attached hydrogen (secondary N) is 1. The van der Waals surface area contributed by atoms with Crippen molar-refractivity contribution in [2.24, 2.45) is 0 Å². The summed E-state index contributed by atoms with van der Waals surface area (Å²) in [7, 11) is 0. The molecule has 0 spiro atoms. The molecule has 2 rings (SSSR count). The average Bonchev–Trinajstić information content (AvgIpc) is 2.67. The third-order valence-corrected chi connectivity index (χ3v) is 5.36. The summed E-state index contributed by atoms with van der Waals surface area (Å²) in [5, 5.41) is 2.98. The van der Waals surface area contributed by atoms with Crippen molar-refractivity contribution in [2.75, 3.05) is 34.8 Å². The van der Waals surface area contributed by atoms with Crippen LogP contribution in [0.2, 0.25) is 0 Å². The largest absolute Gasteiger partial charge is 0.372 e. The van der Waals surface area contributed by atoms with Crippen LogP contribution in [-0.4, -0.2) is 31.4 Å². The van der Waals surface area contributed by atoms with E-state index in [9.17, 15) is 9.59 Å². The van der Waals surface area contributed by atoms with E-state index >= 15 is 0 Å². The SMILES string of the molecule is CCN(CC)c1ccc(NC(=O)CCN(C(C)=O)c2ccc(C)c(C)c2)c(C)c1. The maximum Gasteiger partial charge on any atom is 0.226 e. The van der Waals surface area contributed by atoms with E-state index in [0.29, 0.717) is 6.54 Å². The Hall–Kier alpha value is -2.82. The number of anilines is 3. The Kier molecular flexibility index (Phi) is 7.82. The number of hydrogen-bond acceptors (Lipinski definition) is 3. The van der Waals surface area contributed by atoms with E-state index in [1.807, 2.05) is 51.1 Å². The zero-order valence-electron chi connectivity index (χ0n) is 18.5. The van der Waals surface area contributed by atoms with Gasteiger partial charge in [0.05, 0.1) is 0 Å². The van der Waals surface area contributed by atoms with Gasteiger partial charge in [-0.05, 0) is 81.6 Å². The van der Waals surface area contributed by atoms with E-state index in [2.05, 4.69) is 30.1 Å². The highest BCUT2D eigenvalue weighted by Crippen LogP contribution is 2.23. The molecule has 0 aliphatic rings. The van der Waals surface area contributed by atoms with E-state index < -0.39 is 0 Å². The van der Waals surface area contributed by atoms with E-state index in [1.165, 1.54) is 12.5 Å². The average molecular weight is 396 g/mol. The number of carbonyl (C=O) groups excluding carboxylic acids is 2. The molecular formula is C24H33N3O2. The molecule has 0 unspecified atom stereocenters. The molecule has 1 N–H and O–H groups in total. The first-order valence-corrected chi connectivity index (χ1v) is 10.3. The van der Waals surface area contributed by atoms with Crippen LogP contribution < -0.4 is 15.1 Å². The van der Waals surface area contributed by atoms with Gasteiger partial charge in [0.15, 0.2) is 0 Å². The van der Waals surface area contributed by atoms with Gasteiger partial charge in [-0.2, -0.15) is 0 Å². The molecule has 29 heavy (non-hydrogen) atoms. The summed E-state index contributed by atoms with van der Waals surface area (Å²) in [5.41, 5.74) is 6.13. The quantitative estimate of drug-likeness (QED) is 0.696. The molecule has 2 aromatic rings. The van der Waals surface area contributed by atoms with Gasteiger partial charge in [-0.1, -0.05) is 6.07 Å². The number of amides is 2. The fraction of sp³-hybridized carbons (Fsp3) is 0.417. The highest BCUT2D eigenvalue weighted by atomic mass is 16.2. The third kappa shape index (κ3) is 5.83. The highest BCUT2D eigenvalue weighted by Gasteiger charge is 2.15. The zero-order chi connectivity index (χ0) is 21.6. The summed E-state index contributed by atoms with van der Waals surface area (Å²) in [6.07, 6.45) is 0.240. The van der Waals surface area contributed by atoms with Gasteiger partial charge in [0, 0.05) is 50.0 Å². The maximum absolute atomic E-state index is 12.5. The zero-order valence-corrected chi connectivity index (χ0v) is 18.5. The van der Waals surface area contributed by atoms with Crippen LogP contribution in [0, 0.1) is 20.8 Å². The standard InChI is InChI=1S/C24H33N3O2/c1-7-26(8-2)21-11-12-23(19(5)16-21)25-24(29)13-14-27(20(6)28)22-10-9-17(3)18(4)15-22/h9-12,15-16H,7-8,13-14H2,1-6H3,(H,25,29). The van der Waals surface area contributed by atoms with Crippen molar-refractivity contribution >= 4 is 28.9 Å². The molecule has 0 aliphatic carbocycles. The molecule has 5 heteroatoms. The predicted octanol–water partition coefficient (Wildman–Crippen LogP) is 4.84. The second-order valence-electron chi connectivity index (χ2n) is 7.41. The molecule has 0 fully saturated rings. The van der Waals surface area contributed by atoms with Gasteiger partial charge in [0.25, 0.3) is 0 Å². The van der Waals surface area contributed by atoms with Gasteiger partial charge < -0.3 is 15.1 Å². The molecule has 2 amide bonds. The van der Waals surface area contributed by atoms with Crippen molar-refractivity contribution in [3.8, 4) is 0 Å². The van der Waals surface area contributed by atoms with Crippen LogP contribution in [0.3, 0.4) is 0 Å². The van der Waals surface area contributed by atoms with Crippen LogP contribution in [-0.2, 0) is 9.59 Å². The van der Waals surface area contributed by atoms with Crippen molar-refractivity contribution in [2.45, 2.75) is 48.0 Å². The number of carbonyl (C=O) groups is 2. The lowest BCUT2D eigenvalue weighted by molar-refractivity contribution is -0.117. The molecule has 5 nitrogen and oxygen atoms in total. The van der Waals surface area contributed by atoms with Crippen molar-refractivity contribution in [3.63, 3.8) is 0 Å². The molecule has 0 saturated heterocycles. The van der Waals surface area contributed by atoms with Gasteiger partial charge in [-0.15, -0.1) is 0 Å². The summed E-state index contributed by atoms with van der Waals surface area (Å²) >= 11 is 0. The highest BCUT2D eigenvalue weighted by molar-refractivity contribution is 5.95. The number of benzene rings is 2. The Bertz CT molecular complexity index is 872. The summed E-state index contributed by atoms with van der Waals surface area (Å²) in [5.74, 6) is -0.167. The van der Waals surface area contributed by atoms with Crippen molar-refractivity contribution < 1.29 is 9.59 Å². The minimum absolute atomic E-state index is 0.0687. The summed E-state index contributed by atoms with van der Waals surface area (Å²) in [4.78, 5) is 28.6. The minimum Gasteiger partial charge on any atom is -0.372 e. The van der Waals surface area contributed by atoms with Gasteiger partial charge in [0.2, 0.25) is 11.8 Å². The normalized spacial score (nSPS) is 10.6. The number of nitrogens with zero attached hydrogens (tertiary/aromatic N) is 2. The van der Waals surface area contributed by atoms with Crippen molar-refractivity contribution in [1.82, 2.24) is 0 Å². The Morgan fingerprint density at radius 1 is 0.862 bits per heavy atom. The first kappa shape index (κ1) is 22.5. The van der Waals surface area contributed by atoms with Crippen LogP contribution >= 0.6 is 0 Å². The van der Waals surface area contributed by atoms with Crippen LogP contribution in [0.1, 0.15) is 43.9 Å². The molecule has 0 heterocycles. The van der Waals surface area contributed by atoms with E-state index in [1.54, 1.807) is 4.90 Å². The number of aryl methyl sites for hydroxylation is 3. The molecule has 0 saturated carbocycles. The second kappa shape index (κ2) is 10.1. The van der Waals surface area contributed by atoms with Crippen LogP contribution in [0.4, 0.5) is 17.1 Å². The topological polar surface area (TPSA) is 52.7 Å². The van der Waals surface area contributed by atoms with Gasteiger partial charge in [-0.25, -0.2) is 0 Å². The molecule has 0 atom stereocenters. The van der Waals surface area contributed by atoms with Crippen molar-refractivity contribution in [3.05, 3.63) is 53.1 Å². The lowest BCUT2D eigenvalue weighted by Gasteiger charge is -2.23. The fourth-order valence-corrected chi connectivity index (χ4v) is 3.36. The fourth-order valence-electron chi connectivity index (χ4n) is 3.36.